The fourth-order valence-corrected chi connectivity index (χ4v) is 3.88. The number of nitrogens with zero attached hydrogens (tertiary/aromatic N) is 2. The summed E-state index contributed by atoms with van der Waals surface area (Å²) in [6, 6.07) is 0.536. The van der Waals surface area contributed by atoms with Crippen molar-refractivity contribution in [2.45, 2.75) is 58.4 Å². The van der Waals surface area contributed by atoms with E-state index in [0.717, 1.165) is 31.1 Å². The summed E-state index contributed by atoms with van der Waals surface area (Å²) in [4.78, 5) is 17.1. The summed E-state index contributed by atoms with van der Waals surface area (Å²) in [6.45, 7) is 11.4. The zero-order valence-corrected chi connectivity index (χ0v) is 13.2. The van der Waals surface area contributed by atoms with Crippen molar-refractivity contribution in [2.75, 3.05) is 26.2 Å². The largest absolute Gasteiger partial charge is 0.338 e. The molecule has 20 heavy (non-hydrogen) atoms. The van der Waals surface area contributed by atoms with Crippen molar-refractivity contribution in [3.05, 3.63) is 12.2 Å². The second-order valence-corrected chi connectivity index (χ2v) is 6.60. The van der Waals surface area contributed by atoms with E-state index in [1.165, 1.54) is 38.5 Å². The number of likely N-dealkylation sites (tertiary alicyclic amines) is 1. The van der Waals surface area contributed by atoms with Gasteiger partial charge >= 0.3 is 0 Å². The Labute approximate surface area is 124 Å². The van der Waals surface area contributed by atoms with Crippen LogP contribution in [0.3, 0.4) is 0 Å². The van der Waals surface area contributed by atoms with E-state index in [1.54, 1.807) is 0 Å². The van der Waals surface area contributed by atoms with Gasteiger partial charge in [0.05, 0.1) is 6.54 Å². The summed E-state index contributed by atoms with van der Waals surface area (Å²) in [5.74, 6) is 1.11. The van der Waals surface area contributed by atoms with Crippen LogP contribution >= 0.6 is 0 Å². The van der Waals surface area contributed by atoms with E-state index in [1.807, 2.05) is 6.92 Å². The van der Waals surface area contributed by atoms with Crippen molar-refractivity contribution in [1.29, 1.82) is 0 Å². The van der Waals surface area contributed by atoms with Crippen molar-refractivity contribution >= 4 is 5.91 Å². The zero-order chi connectivity index (χ0) is 14.5. The first kappa shape index (κ1) is 15.6. The molecule has 1 saturated heterocycles. The topological polar surface area (TPSA) is 23.6 Å². The fraction of sp³-hybridized carbons (Fsp3) is 0.824. The minimum absolute atomic E-state index is 0.338. The highest BCUT2D eigenvalue weighted by atomic mass is 16.2. The molecule has 1 aliphatic carbocycles. The van der Waals surface area contributed by atoms with Gasteiger partial charge in [0.2, 0.25) is 5.91 Å². The van der Waals surface area contributed by atoms with Crippen LogP contribution < -0.4 is 0 Å². The normalized spacial score (nSPS) is 26.4. The highest BCUT2D eigenvalue weighted by Crippen LogP contribution is 2.35. The second kappa shape index (κ2) is 7.26. The van der Waals surface area contributed by atoms with Crippen LogP contribution in [0.25, 0.3) is 0 Å². The molecule has 0 radical (unpaired) electrons. The highest BCUT2D eigenvalue weighted by molar-refractivity contribution is 5.78. The van der Waals surface area contributed by atoms with Crippen molar-refractivity contribution in [2.24, 2.45) is 5.92 Å². The van der Waals surface area contributed by atoms with Crippen molar-refractivity contribution < 1.29 is 4.79 Å². The summed E-state index contributed by atoms with van der Waals surface area (Å²) in [5.41, 5.74) is 1.13. The first-order valence-electron chi connectivity index (χ1n) is 8.28. The molecule has 1 aliphatic heterocycles. The third-order valence-electron chi connectivity index (χ3n) is 4.86. The molecular formula is C17H30N2O. The molecule has 2 unspecified atom stereocenters. The molecule has 0 aromatic carbocycles. The van der Waals surface area contributed by atoms with Crippen LogP contribution in [0.5, 0.6) is 0 Å². The number of fused-ring (bicyclic) bond motifs is 1. The Morgan fingerprint density at radius 1 is 1.20 bits per heavy atom. The Bertz CT molecular complexity index is 351. The van der Waals surface area contributed by atoms with E-state index >= 15 is 0 Å². The maximum absolute atomic E-state index is 12.7. The molecule has 0 aromatic rings. The molecule has 1 heterocycles. The van der Waals surface area contributed by atoms with Gasteiger partial charge in [-0.1, -0.05) is 31.9 Å². The first-order chi connectivity index (χ1) is 9.61. The molecule has 1 saturated carbocycles. The van der Waals surface area contributed by atoms with Crippen molar-refractivity contribution in [1.82, 2.24) is 9.80 Å². The van der Waals surface area contributed by atoms with Crippen LogP contribution in [0.15, 0.2) is 12.2 Å². The zero-order valence-electron chi connectivity index (χ0n) is 13.2. The maximum Gasteiger partial charge on any atom is 0.237 e. The summed E-state index contributed by atoms with van der Waals surface area (Å²) in [6.07, 6.45) is 7.74. The number of amides is 1. The molecule has 2 rings (SSSR count). The molecule has 114 valence electrons. The summed E-state index contributed by atoms with van der Waals surface area (Å²) >= 11 is 0. The fourth-order valence-electron chi connectivity index (χ4n) is 3.88. The molecule has 2 fully saturated rings. The SMILES string of the molecule is C=C(C)CN(CC)CC(=O)N1CCCC2CCCCC21. The molecule has 2 aliphatic rings. The molecule has 0 N–H and O–H groups in total. The number of rotatable bonds is 5. The number of carbonyl (C=O) groups is 1. The van der Waals surface area contributed by atoms with Gasteiger partial charge < -0.3 is 4.90 Å². The summed E-state index contributed by atoms with van der Waals surface area (Å²) in [5, 5.41) is 0. The van der Waals surface area contributed by atoms with Crippen molar-refractivity contribution in [3.63, 3.8) is 0 Å². The van der Waals surface area contributed by atoms with Gasteiger partial charge in [0.15, 0.2) is 0 Å². The van der Waals surface area contributed by atoms with Crippen LogP contribution in [-0.2, 0) is 4.79 Å². The lowest BCUT2D eigenvalue weighted by atomic mass is 9.78. The predicted octanol–water partition coefficient (Wildman–Crippen LogP) is 3.07. The molecule has 2 atom stereocenters. The van der Waals surface area contributed by atoms with Gasteiger partial charge in [-0.25, -0.2) is 0 Å². The number of hydrogen-bond acceptors (Lipinski definition) is 2. The number of likely N-dealkylation sites (N-methyl/N-ethyl adjacent to an activating group) is 1. The van der Waals surface area contributed by atoms with E-state index in [2.05, 4.69) is 23.3 Å². The van der Waals surface area contributed by atoms with E-state index in [9.17, 15) is 4.79 Å². The number of carbonyl (C=O) groups excluding carboxylic acids is 1. The molecule has 0 bridgehead atoms. The lowest BCUT2D eigenvalue weighted by molar-refractivity contribution is -0.138. The van der Waals surface area contributed by atoms with E-state index in [-0.39, 0.29) is 0 Å². The highest BCUT2D eigenvalue weighted by Gasteiger charge is 2.35. The van der Waals surface area contributed by atoms with Gasteiger partial charge in [0.25, 0.3) is 0 Å². The molecule has 3 heteroatoms. The molecular weight excluding hydrogens is 248 g/mol. The Morgan fingerprint density at radius 2 is 1.90 bits per heavy atom. The first-order valence-corrected chi connectivity index (χ1v) is 8.28. The lowest BCUT2D eigenvalue weighted by Crippen LogP contribution is -2.52. The van der Waals surface area contributed by atoms with E-state index < -0.39 is 0 Å². The number of hydrogen-bond donors (Lipinski definition) is 0. The Kier molecular flexibility index (Phi) is 5.64. The Hall–Kier alpha value is -0.830. The quantitative estimate of drug-likeness (QED) is 0.722. The number of piperidine rings is 1. The summed E-state index contributed by atoms with van der Waals surface area (Å²) < 4.78 is 0. The smallest absolute Gasteiger partial charge is 0.237 e. The maximum atomic E-state index is 12.7. The van der Waals surface area contributed by atoms with Gasteiger partial charge in [-0.2, -0.15) is 0 Å². The Morgan fingerprint density at radius 3 is 2.60 bits per heavy atom. The lowest BCUT2D eigenvalue weighted by Gasteiger charge is -2.44. The monoisotopic (exact) mass is 278 g/mol. The van der Waals surface area contributed by atoms with Gasteiger partial charge in [0, 0.05) is 19.1 Å². The van der Waals surface area contributed by atoms with Crippen LogP contribution in [0.2, 0.25) is 0 Å². The van der Waals surface area contributed by atoms with Gasteiger partial charge in [-0.15, -0.1) is 0 Å². The van der Waals surface area contributed by atoms with Gasteiger partial charge in [0.1, 0.15) is 0 Å². The minimum Gasteiger partial charge on any atom is -0.338 e. The molecule has 3 nitrogen and oxygen atoms in total. The Balaban J connectivity index is 1.94. The average Bonchev–Trinajstić information content (AvgIpc) is 2.45. The van der Waals surface area contributed by atoms with Gasteiger partial charge in [-0.05, 0) is 45.1 Å². The van der Waals surface area contributed by atoms with Crippen LogP contribution in [0.1, 0.15) is 52.4 Å². The van der Waals surface area contributed by atoms with E-state index in [0.29, 0.717) is 18.5 Å². The minimum atomic E-state index is 0.338. The van der Waals surface area contributed by atoms with Crippen LogP contribution in [-0.4, -0.2) is 47.9 Å². The van der Waals surface area contributed by atoms with Gasteiger partial charge in [-0.3, -0.25) is 9.69 Å². The van der Waals surface area contributed by atoms with Crippen LogP contribution in [0, 0.1) is 5.92 Å². The van der Waals surface area contributed by atoms with Crippen LogP contribution in [0.4, 0.5) is 0 Å². The average molecular weight is 278 g/mol. The second-order valence-electron chi connectivity index (χ2n) is 6.60. The van der Waals surface area contributed by atoms with Crippen molar-refractivity contribution in [3.8, 4) is 0 Å². The predicted molar refractivity (Wildman–Crippen MR) is 83.6 cm³/mol. The standard InChI is InChI=1S/C17H30N2O/c1-4-18(12-14(2)3)13-17(20)19-11-7-9-15-8-5-6-10-16(15)19/h15-16H,2,4-13H2,1,3H3. The molecule has 1 amide bonds. The third-order valence-corrected chi connectivity index (χ3v) is 4.86. The third kappa shape index (κ3) is 3.85. The van der Waals surface area contributed by atoms with E-state index in [4.69, 9.17) is 0 Å². The molecule has 0 aromatic heterocycles. The summed E-state index contributed by atoms with van der Waals surface area (Å²) in [7, 11) is 0. The molecule has 0 spiro atoms.